The number of nitrogens with zero attached hydrogens (tertiary/aromatic N) is 5. The molecule has 20 heavy (non-hydrogen) atoms. The first kappa shape index (κ1) is 14.1. The number of nitro groups is 1. The van der Waals surface area contributed by atoms with Crippen LogP contribution < -0.4 is 11.5 Å². The summed E-state index contributed by atoms with van der Waals surface area (Å²) in [6, 6.07) is 1.47. The lowest BCUT2D eigenvalue weighted by Crippen LogP contribution is -2.07. The minimum absolute atomic E-state index is 0.0314. The van der Waals surface area contributed by atoms with Crippen molar-refractivity contribution in [3.8, 4) is 0 Å². The maximum Gasteiger partial charge on any atom is 0.342 e. The average molecular weight is 295 g/mol. The standard InChI is InChI=1S/C10H13N7O2S/c1-6-13-5-9(17(18)19)16(6)2-3-20-10-14-7(11)4-8(12)15-10/h4-5H,2-3H2,1H3,(H4,11,12,14,15). The predicted molar refractivity (Wildman–Crippen MR) is 75.2 cm³/mol. The zero-order valence-electron chi connectivity index (χ0n) is 10.7. The molecular formula is C10H13N7O2S. The molecule has 0 unspecified atom stereocenters. The van der Waals surface area contributed by atoms with E-state index >= 15 is 0 Å². The molecule has 9 nitrogen and oxygen atoms in total. The van der Waals surface area contributed by atoms with Gasteiger partial charge in [-0.05, 0) is 4.92 Å². The number of hydrogen-bond donors (Lipinski definition) is 2. The summed E-state index contributed by atoms with van der Waals surface area (Å²) < 4.78 is 1.53. The van der Waals surface area contributed by atoms with Gasteiger partial charge in [0.25, 0.3) is 0 Å². The highest BCUT2D eigenvalue weighted by molar-refractivity contribution is 7.99. The maximum absolute atomic E-state index is 10.8. The first-order valence-corrected chi connectivity index (χ1v) is 6.65. The zero-order chi connectivity index (χ0) is 14.7. The third kappa shape index (κ3) is 3.15. The number of imidazole rings is 1. The topological polar surface area (TPSA) is 139 Å². The Morgan fingerprint density at radius 3 is 2.65 bits per heavy atom. The Labute approximate surface area is 118 Å². The van der Waals surface area contributed by atoms with Gasteiger partial charge in [0.1, 0.15) is 24.4 Å². The van der Waals surface area contributed by atoms with Crippen molar-refractivity contribution < 1.29 is 4.92 Å². The first-order valence-electron chi connectivity index (χ1n) is 5.66. The summed E-state index contributed by atoms with van der Waals surface area (Å²) >= 11 is 1.32. The van der Waals surface area contributed by atoms with E-state index in [9.17, 15) is 10.1 Å². The van der Waals surface area contributed by atoms with E-state index in [1.54, 1.807) is 6.92 Å². The number of anilines is 2. The fourth-order valence-corrected chi connectivity index (χ4v) is 2.43. The van der Waals surface area contributed by atoms with E-state index in [1.807, 2.05) is 0 Å². The van der Waals surface area contributed by atoms with E-state index in [2.05, 4.69) is 15.0 Å². The third-order valence-corrected chi connectivity index (χ3v) is 3.34. The summed E-state index contributed by atoms with van der Waals surface area (Å²) in [5, 5.41) is 11.3. The first-order chi connectivity index (χ1) is 9.47. The van der Waals surface area contributed by atoms with Crippen LogP contribution in [0.25, 0.3) is 0 Å². The molecule has 0 aliphatic carbocycles. The molecule has 0 aromatic carbocycles. The normalized spacial score (nSPS) is 10.7. The van der Waals surface area contributed by atoms with Gasteiger partial charge >= 0.3 is 5.82 Å². The molecule has 0 bridgehead atoms. The van der Waals surface area contributed by atoms with Crippen molar-refractivity contribution in [1.29, 1.82) is 0 Å². The van der Waals surface area contributed by atoms with Crippen LogP contribution in [0.5, 0.6) is 0 Å². The molecule has 106 valence electrons. The van der Waals surface area contributed by atoms with Gasteiger partial charge in [0, 0.05) is 18.7 Å². The van der Waals surface area contributed by atoms with Gasteiger partial charge in [0.15, 0.2) is 11.0 Å². The number of nitrogens with two attached hydrogens (primary N) is 2. The van der Waals surface area contributed by atoms with Gasteiger partial charge in [-0.15, -0.1) is 0 Å². The minimum atomic E-state index is -0.459. The van der Waals surface area contributed by atoms with Crippen molar-refractivity contribution in [3.63, 3.8) is 0 Å². The van der Waals surface area contributed by atoms with E-state index in [1.165, 1.54) is 28.6 Å². The van der Waals surface area contributed by atoms with Crippen molar-refractivity contribution in [2.45, 2.75) is 18.6 Å². The van der Waals surface area contributed by atoms with Gasteiger partial charge in [-0.25, -0.2) is 19.5 Å². The lowest BCUT2D eigenvalue weighted by molar-refractivity contribution is -0.392. The van der Waals surface area contributed by atoms with Crippen LogP contribution in [0.15, 0.2) is 17.4 Å². The second-order valence-electron chi connectivity index (χ2n) is 3.92. The summed E-state index contributed by atoms with van der Waals surface area (Å²) in [6.45, 7) is 2.14. The molecular weight excluding hydrogens is 282 g/mol. The van der Waals surface area contributed by atoms with Gasteiger partial charge in [-0.1, -0.05) is 11.8 Å². The average Bonchev–Trinajstić information content (AvgIpc) is 2.70. The van der Waals surface area contributed by atoms with Crippen LogP contribution in [-0.4, -0.2) is 30.2 Å². The van der Waals surface area contributed by atoms with E-state index in [-0.39, 0.29) is 5.82 Å². The number of thioether (sulfide) groups is 1. The van der Waals surface area contributed by atoms with E-state index < -0.39 is 4.92 Å². The monoisotopic (exact) mass is 295 g/mol. The molecule has 0 atom stereocenters. The smallest absolute Gasteiger partial charge is 0.342 e. The summed E-state index contributed by atoms with van der Waals surface area (Å²) in [4.78, 5) is 22.4. The highest BCUT2D eigenvalue weighted by Gasteiger charge is 2.17. The fourth-order valence-electron chi connectivity index (χ4n) is 1.63. The lowest BCUT2D eigenvalue weighted by Gasteiger charge is -2.03. The molecule has 2 aromatic heterocycles. The largest absolute Gasteiger partial charge is 0.383 e. The van der Waals surface area contributed by atoms with Gasteiger partial charge in [-0.3, -0.25) is 0 Å². The van der Waals surface area contributed by atoms with Crippen molar-refractivity contribution in [3.05, 3.63) is 28.2 Å². The van der Waals surface area contributed by atoms with E-state index in [0.717, 1.165) is 0 Å². The molecule has 0 aliphatic rings. The molecule has 0 amide bonds. The predicted octanol–water partition coefficient (Wildman–Crippen LogP) is 0.846. The Kier molecular flexibility index (Phi) is 4.03. The number of nitrogen functional groups attached to an aromatic ring is 2. The van der Waals surface area contributed by atoms with Crippen molar-refractivity contribution in [2.75, 3.05) is 17.2 Å². The number of hydrogen-bond acceptors (Lipinski definition) is 8. The minimum Gasteiger partial charge on any atom is -0.383 e. The molecule has 0 spiro atoms. The molecule has 2 rings (SSSR count). The Hall–Kier alpha value is -2.36. The van der Waals surface area contributed by atoms with Gasteiger partial charge in [0.05, 0.1) is 0 Å². The maximum atomic E-state index is 10.8. The zero-order valence-corrected chi connectivity index (χ0v) is 11.5. The molecule has 2 heterocycles. The SMILES string of the molecule is Cc1ncc([N+](=O)[O-])n1CCSc1nc(N)cc(N)n1. The van der Waals surface area contributed by atoms with E-state index in [0.29, 0.717) is 34.9 Å². The molecule has 2 aromatic rings. The van der Waals surface area contributed by atoms with Crippen molar-refractivity contribution >= 4 is 29.2 Å². The molecule has 10 heteroatoms. The van der Waals surface area contributed by atoms with Gasteiger partial charge < -0.3 is 21.6 Å². The number of aromatic nitrogens is 4. The molecule has 0 fully saturated rings. The Morgan fingerprint density at radius 2 is 2.05 bits per heavy atom. The third-order valence-electron chi connectivity index (χ3n) is 2.51. The number of aryl methyl sites for hydroxylation is 1. The highest BCUT2D eigenvalue weighted by atomic mass is 32.2. The fraction of sp³-hybridized carbons (Fsp3) is 0.300. The molecule has 0 radical (unpaired) electrons. The summed E-state index contributed by atoms with van der Waals surface area (Å²) in [5.74, 6) is 1.69. The van der Waals surface area contributed by atoms with Crippen LogP contribution in [0.2, 0.25) is 0 Å². The van der Waals surface area contributed by atoms with Gasteiger partial charge in [-0.2, -0.15) is 0 Å². The Morgan fingerprint density at radius 1 is 1.40 bits per heavy atom. The van der Waals surface area contributed by atoms with Crippen LogP contribution in [0.1, 0.15) is 5.82 Å². The van der Waals surface area contributed by atoms with Crippen molar-refractivity contribution in [2.24, 2.45) is 0 Å². The van der Waals surface area contributed by atoms with E-state index in [4.69, 9.17) is 11.5 Å². The van der Waals surface area contributed by atoms with Crippen LogP contribution >= 0.6 is 11.8 Å². The van der Waals surface area contributed by atoms with Crippen LogP contribution in [0.3, 0.4) is 0 Å². The molecule has 0 saturated heterocycles. The van der Waals surface area contributed by atoms with Crippen LogP contribution in [0, 0.1) is 17.0 Å². The van der Waals surface area contributed by atoms with Crippen molar-refractivity contribution in [1.82, 2.24) is 19.5 Å². The Balaban J connectivity index is 2.03. The summed E-state index contributed by atoms with van der Waals surface area (Å²) in [7, 11) is 0. The van der Waals surface area contributed by atoms with Crippen LogP contribution in [0.4, 0.5) is 17.5 Å². The lowest BCUT2D eigenvalue weighted by atomic mass is 10.5. The molecule has 4 N–H and O–H groups in total. The highest BCUT2D eigenvalue weighted by Crippen LogP contribution is 2.19. The summed E-state index contributed by atoms with van der Waals surface area (Å²) in [6.07, 6.45) is 1.25. The second kappa shape index (κ2) is 5.74. The van der Waals surface area contributed by atoms with Gasteiger partial charge in [0.2, 0.25) is 0 Å². The Bertz CT molecular complexity index is 622. The molecule has 0 saturated carbocycles. The quantitative estimate of drug-likeness (QED) is 0.358. The van der Waals surface area contributed by atoms with Crippen LogP contribution in [-0.2, 0) is 6.54 Å². The summed E-state index contributed by atoms with van der Waals surface area (Å²) in [5.41, 5.74) is 11.1. The number of rotatable bonds is 5. The second-order valence-corrected chi connectivity index (χ2v) is 4.98. The molecule has 0 aliphatic heterocycles.